The topological polar surface area (TPSA) is 63.5 Å². The summed E-state index contributed by atoms with van der Waals surface area (Å²) in [5.74, 6) is 0.562. The van der Waals surface area contributed by atoms with Crippen LogP contribution in [0.4, 0.5) is 5.13 Å². The van der Waals surface area contributed by atoms with Crippen LogP contribution in [0, 0.1) is 6.92 Å². The number of para-hydroxylation sites is 1. The lowest BCUT2D eigenvalue weighted by molar-refractivity contribution is 0.0979. The summed E-state index contributed by atoms with van der Waals surface area (Å²) in [6.07, 6.45) is 0. The van der Waals surface area contributed by atoms with Crippen LogP contribution >= 0.6 is 11.3 Å². The van der Waals surface area contributed by atoms with Crippen LogP contribution in [0.2, 0.25) is 0 Å². The average Bonchev–Trinajstić information content (AvgIpc) is 3.18. The van der Waals surface area contributed by atoms with E-state index in [2.05, 4.69) is 10.1 Å². The standard InChI is InChI=1S/C18H23N5O2S/c1-12-11-13(20-22(12)4)17(24)23(10-9-21(2)3)18-19-16-14(25-5)7-6-8-15(16)26-18/h6-8,11H,9-10H2,1-5H3. The molecule has 0 aliphatic rings. The predicted octanol–water partition coefficient (Wildman–Crippen LogP) is 2.56. The van der Waals surface area contributed by atoms with Crippen LogP contribution in [-0.4, -0.2) is 59.9 Å². The molecular formula is C18H23N5O2S. The monoisotopic (exact) mass is 373 g/mol. The summed E-state index contributed by atoms with van der Waals surface area (Å²) in [5.41, 5.74) is 2.14. The number of likely N-dealkylation sites (N-methyl/N-ethyl adjacent to an activating group) is 1. The number of thiazole rings is 1. The number of anilines is 1. The fraction of sp³-hybridized carbons (Fsp3) is 0.389. The third-order valence-corrected chi connectivity index (χ3v) is 5.21. The quantitative estimate of drug-likeness (QED) is 0.664. The molecular weight excluding hydrogens is 350 g/mol. The molecule has 3 rings (SSSR count). The van der Waals surface area contributed by atoms with E-state index in [0.29, 0.717) is 23.1 Å². The highest BCUT2D eigenvalue weighted by Gasteiger charge is 2.24. The van der Waals surface area contributed by atoms with Gasteiger partial charge >= 0.3 is 0 Å². The zero-order chi connectivity index (χ0) is 18.8. The number of rotatable bonds is 6. The van der Waals surface area contributed by atoms with Gasteiger partial charge in [0.1, 0.15) is 11.3 Å². The number of hydrogen-bond acceptors (Lipinski definition) is 6. The predicted molar refractivity (Wildman–Crippen MR) is 104 cm³/mol. The first-order valence-corrected chi connectivity index (χ1v) is 9.13. The Hall–Kier alpha value is -2.45. The number of carbonyl (C=O) groups is 1. The Labute approximate surface area is 156 Å². The SMILES string of the molecule is COc1cccc2sc(N(CCN(C)C)C(=O)c3cc(C)n(C)n3)nc12. The number of aryl methyl sites for hydroxylation is 2. The van der Waals surface area contributed by atoms with Crippen LogP contribution in [0.15, 0.2) is 24.3 Å². The minimum Gasteiger partial charge on any atom is -0.494 e. The van der Waals surface area contributed by atoms with Gasteiger partial charge < -0.3 is 9.64 Å². The highest BCUT2D eigenvalue weighted by molar-refractivity contribution is 7.22. The van der Waals surface area contributed by atoms with Crippen molar-refractivity contribution < 1.29 is 9.53 Å². The van der Waals surface area contributed by atoms with Crippen LogP contribution in [0.1, 0.15) is 16.2 Å². The number of fused-ring (bicyclic) bond motifs is 1. The fourth-order valence-electron chi connectivity index (χ4n) is 2.58. The maximum atomic E-state index is 13.1. The maximum absolute atomic E-state index is 13.1. The number of hydrogen-bond donors (Lipinski definition) is 0. The van der Waals surface area contributed by atoms with Crippen LogP contribution in [0.5, 0.6) is 5.75 Å². The van der Waals surface area contributed by atoms with Gasteiger partial charge in [-0.2, -0.15) is 5.10 Å². The summed E-state index contributed by atoms with van der Waals surface area (Å²) in [7, 11) is 7.42. The summed E-state index contributed by atoms with van der Waals surface area (Å²) in [6.45, 7) is 3.19. The van der Waals surface area contributed by atoms with Gasteiger partial charge in [0, 0.05) is 25.8 Å². The van der Waals surface area contributed by atoms with Crippen molar-refractivity contribution in [1.29, 1.82) is 0 Å². The number of amides is 1. The summed E-state index contributed by atoms with van der Waals surface area (Å²) in [6, 6.07) is 7.59. The molecule has 0 spiro atoms. The van der Waals surface area contributed by atoms with Gasteiger partial charge in [0.05, 0.1) is 11.8 Å². The van der Waals surface area contributed by atoms with E-state index in [0.717, 1.165) is 22.5 Å². The van der Waals surface area contributed by atoms with Gasteiger partial charge in [-0.15, -0.1) is 0 Å². The van der Waals surface area contributed by atoms with Crippen LogP contribution in [0.25, 0.3) is 10.2 Å². The number of nitrogens with zero attached hydrogens (tertiary/aromatic N) is 5. The van der Waals surface area contributed by atoms with E-state index in [4.69, 9.17) is 4.74 Å². The van der Waals surface area contributed by atoms with Crippen molar-refractivity contribution in [3.63, 3.8) is 0 Å². The van der Waals surface area contributed by atoms with Gasteiger partial charge in [-0.3, -0.25) is 14.4 Å². The summed E-state index contributed by atoms with van der Waals surface area (Å²) < 4.78 is 8.09. The Morgan fingerprint density at radius 3 is 2.69 bits per heavy atom. The molecule has 0 unspecified atom stereocenters. The molecule has 0 bridgehead atoms. The van der Waals surface area contributed by atoms with E-state index in [1.165, 1.54) is 11.3 Å². The molecule has 1 amide bonds. The molecule has 26 heavy (non-hydrogen) atoms. The van der Waals surface area contributed by atoms with Gasteiger partial charge in [-0.1, -0.05) is 17.4 Å². The first-order valence-electron chi connectivity index (χ1n) is 8.31. The molecule has 1 aromatic carbocycles. The minimum absolute atomic E-state index is 0.145. The number of methoxy groups -OCH3 is 1. The molecule has 0 saturated carbocycles. The largest absolute Gasteiger partial charge is 0.494 e. The molecule has 0 fully saturated rings. The zero-order valence-corrected chi connectivity index (χ0v) is 16.5. The van der Waals surface area contributed by atoms with Crippen molar-refractivity contribution in [3.8, 4) is 5.75 Å². The summed E-state index contributed by atoms with van der Waals surface area (Å²) in [4.78, 5) is 21.5. The lowest BCUT2D eigenvalue weighted by atomic mass is 10.3. The summed E-state index contributed by atoms with van der Waals surface area (Å²) >= 11 is 1.48. The number of ether oxygens (including phenoxy) is 1. The molecule has 2 aromatic heterocycles. The summed E-state index contributed by atoms with van der Waals surface area (Å²) in [5, 5.41) is 4.99. The average molecular weight is 373 g/mol. The normalized spacial score (nSPS) is 11.3. The van der Waals surface area contributed by atoms with Crippen molar-refractivity contribution in [2.24, 2.45) is 7.05 Å². The first kappa shape index (κ1) is 18.3. The Morgan fingerprint density at radius 1 is 1.31 bits per heavy atom. The minimum atomic E-state index is -0.145. The molecule has 0 aliphatic carbocycles. The Morgan fingerprint density at radius 2 is 2.08 bits per heavy atom. The van der Waals surface area contributed by atoms with E-state index >= 15 is 0 Å². The zero-order valence-electron chi connectivity index (χ0n) is 15.7. The van der Waals surface area contributed by atoms with E-state index < -0.39 is 0 Å². The number of carbonyl (C=O) groups excluding carboxylic acids is 1. The third kappa shape index (κ3) is 3.56. The Bertz CT molecular complexity index is 911. The fourth-order valence-corrected chi connectivity index (χ4v) is 3.59. The Kier molecular flexibility index (Phi) is 5.24. The molecule has 0 N–H and O–H groups in total. The van der Waals surface area contributed by atoms with Crippen molar-refractivity contribution in [1.82, 2.24) is 19.7 Å². The van der Waals surface area contributed by atoms with Crippen LogP contribution in [-0.2, 0) is 7.05 Å². The van der Waals surface area contributed by atoms with Gasteiger partial charge in [0.15, 0.2) is 10.8 Å². The van der Waals surface area contributed by atoms with Crippen molar-refractivity contribution in [2.45, 2.75) is 6.92 Å². The molecule has 0 saturated heterocycles. The van der Waals surface area contributed by atoms with E-state index in [1.54, 1.807) is 22.8 Å². The molecule has 8 heteroatoms. The van der Waals surface area contributed by atoms with Crippen LogP contribution in [0.3, 0.4) is 0 Å². The first-order chi connectivity index (χ1) is 12.4. The second kappa shape index (κ2) is 7.43. The van der Waals surface area contributed by atoms with Crippen LogP contribution < -0.4 is 9.64 Å². The highest BCUT2D eigenvalue weighted by Crippen LogP contribution is 2.34. The van der Waals surface area contributed by atoms with E-state index in [1.807, 2.05) is 51.2 Å². The molecule has 3 aromatic rings. The van der Waals surface area contributed by atoms with Gasteiger partial charge in [-0.25, -0.2) is 4.98 Å². The maximum Gasteiger partial charge on any atom is 0.280 e. The molecule has 0 aliphatic heterocycles. The molecule has 0 atom stereocenters. The van der Waals surface area contributed by atoms with Gasteiger partial charge in [0.2, 0.25) is 0 Å². The molecule has 0 radical (unpaired) electrons. The van der Waals surface area contributed by atoms with Crippen molar-refractivity contribution in [2.75, 3.05) is 39.2 Å². The number of benzene rings is 1. The van der Waals surface area contributed by atoms with E-state index in [-0.39, 0.29) is 5.91 Å². The second-order valence-corrected chi connectivity index (χ2v) is 7.37. The molecule has 7 nitrogen and oxygen atoms in total. The smallest absolute Gasteiger partial charge is 0.280 e. The van der Waals surface area contributed by atoms with Gasteiger partial charge in [0.25, 0.3) is 5.91 Å². The van der Waals surface area contributed by atoms with Gasteiger partial charge in [-0.05, 0) is 39.2 Å². The van der Waals surface area contributed by atoms with Crippen molar-refractivity contribution >= 4 is 32.6 Å². The van der Waals surface area contributed by atoms with Crippen molar-refractivity contribution in [3.05, 3.63) is 35.7 Å². The number of aromatic nitrogens is 3. The lowest BCUT2D eigenvalue weighted by Gasteiger charge is -2.21. The highest BCUT2D eigenvalue weighted by atomic mass is 32.1. The third-order valence-electron chi connectivity index (χ3n) is 4.17. The molecule has 138 valence electrons. The van der Waals surface area contributed by atoms with E-state index in [9.17, 15) is 4.79 Å². The Balaban J connectivity index is 2.01. The lowest BCUT2D eigenvalue weighted by Crippen LogP contribution is -2.37. The second-order valence-electron chi connectivity index (χ2n) is 6.36. The molecule has 2 heterocycles.